The Balaban J connectivity index is 0. The topological polar surface area (TPSA) is 152 Å². The van der Waals surface area contributed by atoms with Gasteiger partial charge in [-0.25, -0.2) is 14.5 Å². The van der Waals surface area contributed by atoms with Gasteiger partial charge in [0.05, 0.1) is 5.39 Å². The molecule has 11 heteroatoms. The first-order valence-corrected chi connectivity index (χ1v) is 3.14. The van der Waals surface area contributed by atoms with Gasteiger partial charge in [-0.2, -0.15) is 0 Å². The van der Waals surface area contributed by atoms with Crippen LogP contribution in [0.3, 0.4) is 0 Å². The van der Waals surface area contributed by atoms with E-state index in [-0.39, 0.29) is 0 Å². The van der Waals surface area contributed by atoms with Crippen LogP contribution in [-0.2, 0) is 14.5 Å². The van der Waals surface area contributed by atoms with E-state index in [1.807, 2.05) is 0 Å². The van der Waals surface area contributed by atoms with Gasteiger partial charge in [0.15, 0.2) is 20.4 Å². The van der Waals surface area contributed by atoms with Crippen LogP contribution in [0.15, 0.2) is 0 Å². The second-order valence-corrected chi connectivity index (χ2v) is 1.34. The quantitative estimate of drug-likeness (QED) is 0.147. The zero-order chi connectivity index (χ0) is 11.4. The van der Waals surface area contributed by atoms with E-state index in [2.05, 4.69) is 14.5 Å². The first-order chi connectivity index (χ1) is 6.58. The highest BCUT2D eigenvalue weighted by Gasteiger charge is 2.03. The van der Waals surface area contributed by atoms with Crippen LogP contribution in [0.5, 0.6) is 0 Å². The molecule has 0 amide bonds. The van der Waals surface area contributed by atoms with E-state index in [1.165, 1.54) is 0 Å². The van der Waals surface area contributed by atoms with Gasteiger partial charge in [-0.3, -0.25) is 0 Å². The van der Waals surface area contributed by atoms with Crippen molar-refractivity contribution in [2.75, 3.05) is 20.4 Å². The molecule has 0 atom stereocenters. The molecule has 0 aliphatic rings. The van der Waals surface area contributed by atoms with Gasteiger partial charge in [-0.1, -0.05) is 0 Å². The summed E-state index contributed by atoms with van der Waals surface area (Å²) in [5.41, 5.74) is 0. The zero-order valence-corrected chi connectivity index (χ0v) is 7.05. The monoisotopic (exact) mass is 217 g/mol. The lowest BCUT2D eigenvalue weighted by Gasteiger charge is -2.14. The molecule has 0 saturated heterocycles. The highest BCUT2D eigenvalue weighted by Crippen LogP contribution is 1.90. The summed E-state index contributed by atoms with van der Waals surface area (Å²) in [5.74, 6) is 0. The minimum atomic E-state index is -2.17. The van der Waals surface area contributed by atoms with Crippen LogP contribution in [0.2, 0.25) is 0 Å². The number of nitrogens with zero attached hydrogens (tertiary/aromatic N) is 1. The molecule has 0 aromatic rings. The minimum absolute atomic E-state index is 0.292. The highest BCUT2D eigenvalue weighted by molar-refractivity contribution is 6.30. The van der Waals surface area contributed by atoms with Crippen LogP contribution in [0.1, 0.15) is 0 Å². The zero-order valence-electron chi connectivity index (χ0n) is 7.05. The Morgan fingerprint density at radius 3 is 1.14 bits per heavy atom. The van der Waals surface area contributed by atoms with Crippen LogP contribution in [0.25, 0.3) is 0 Å². The molecule has 0 rings (SSSR count). The summed E-state index contributed by atoms with van der Waals surface area (Å²) in [6.07, 6.45) is 0. The van der Waals surface area contributed by atoms with Crippen LogP contribution in [0.4, 0.5) is 0 Å². The van der Waals surface area contributed by atoms with Crippen molar-refractivity contribution in [3.05, 3.63) is 0 Å². The molecule has 0 heterocycles. The summed E-state index contributed by atoms with van der Waals surface area (Å²) < 4.78 is 0. The Morgan fingerprint density at radius 1 is 0.786 bits per heavy atom. The Bertz CT molecular complexity index is 87.0. The fourth-order valence-corrected chi connectivity index (χ4v) is 0.253. The number of hydrogen-bond acceptors (Lipinski definition) is 10. The van der Waals surface area contributed by atoms with Gasteiger partial charge in [0.25, 0.3) is 0 Å². The van der Waals surface area contributed by atoms with E-state index >= 15 is 0 Å². The Kier molecular flexibility index (Phi) is 14.6. The standard InChI is InChI=1S/C3H9NO6.BH3O3/c5-1-8-4(9-2-6)10-3-7;2-1(3)4/h5-7H,1-3H2;2-4H. The third-order valence-electron chi connectivity index (χ3n) is 0.489. The van der Waals surface area contributed by atoms with Gasteiger partial charge in [0.2, 0.25) is 0 Å². The maximum Gasteiger partial charge on any atom is 0.631 e. The van der Waals surface area contributed by atoms with E-state index in [0.717, 1.165) is 0 Å². The molecule has 0 saturated carbocycles. The molecule has 86 valence electrons. The predicted molar refractivity (Wildman–Crippen MR) is 38.8 cm³/mol. The maximum atomic E-state index is 8.10. The van der Waals surface area contributed by atoms with Crippen molar-refractivity contribution in [1.82, 2.24) is 5.39 Å². The number of aliphatic hydroxyl groups is 3. The molecule has 0 aliphatic carbocycles. The van der Waals surface area contributed by atoms with Crippen molar-refractivity contribution in [3.8, 4) is 0 Å². The fraction of sp³-hybridized carbons (Fsp3) is 1.00. The molecule has 0 aliphatic heterocycles. The lowest BCUT2D eigenvalue weighted by Crippen LogP contribution is -2.26. The van der Waals surface area contributed by atoms with E-state index in [4.69, 9.17) is 30.4 Å². The van der Waals surface area contributed by atoms with Gasteiger partial charge in [-0.05, 0) is 0 Å². The number of hydrogen-bond donors (Lipinski definition) is 6. The summed E-state index contributed by atoms with van der Waals surface area (Å²) in [6.45, 7) is -2.04. The summed E-state index contributed by atoms with van der Waals surface area (Å²) >= 11 is 0. The second kappa shape index (κ2) is 12.7. The lowest BCUT2D eigenvalue weighted by molar-refractivity contribution is -0.554. The maximum absolute atomic E-state index is 8.10. The van der Waals surface area contributed by atoms with Crippen molar-refractivity contribution < 1.29 is 44.9 Å². The van der Waals surface area contributed by atoms with Crippen LogP contribution < -0.4 is 0 Å². The largest absolute Gasteiger partial charge is 0.631 e. The van der Waals surface area contributed by atoms with Crippen molar-refractivity contribution in [2.45, 2.75) is 0 Å². The van der Waals surface area contributed by atoms with E-state index < -0.39 is 27.7 Å². The van der Waals surface area contributed by atoms with Crippen LogP contribution in [-0.4, -0.2) is 63.5 Å². The second-order valence-electron chi connectivity index (χ2n) is 1.34. The van der Waals surface area contributed by atoms with Crippen molar-refractivity contribution >= 4 is 7.32 Å². The van der Waals surface area contributed by atoms with Crippen LogP contribution in [0, 0.1) is 0 Å². The molecule has 0 aromatic carbocycles. The summed E-state index contributed by atoms with van der Waals surface area (Å²) in [6, 6.07) is 0. The van der Waals surface area contributed by atoms with Crippen molar-refractivity contribution in [1.29, 1.82) is 0 Å². The lowest BCUT2D eigenvalue weighted by atomic mass is 10.3. The molecule has 0 radical (unpaired) electrons. The number of aliphatic hydroxyl groups excluding tert-OH is 3. The summed E-state index contributed by atoms with van der Waals surface area (Å²) in [7, 11) is -2.17. The molecule has 6 N–H and O–H groups in total. The molecule has 0 unspecified atom stereocenters. The first-order valence-electron chi connectivity index (χ1n) is 3.14. The fourth-order valence-electron chi connectivity index (χ4n) is 0.253. The normalized spacial score (nSPS) is 9.64. The average Bonchev–Trinajstić information content (AvgIpc) is 2.04. The number of rotatable bonds is 6. The molecule has 0 aromatic heterocycles. The average molecular weight is 217 g/mol. The van der Waals surface area contributed by atoms with E-state index in [9.17, 15) is 0 Å². The smallest absolute Gasteiger partial charge is 0.402 e. The highest BCUT2D eigenvalue weighted by atomic mass is 17.2. The Hall–Kier alpha value is -0.335. The van der Waals surface area contributed by atoms with E-state index in [0.29, 0.717) is 5.39 Å². The predicted octanol–water partition coefficient (Wildman–Crippen LogP) is -4.12. The summed E-state index contributed by atoms with van der Waals surface area (Å²) in [5, 5.41) is 46.1. The molecule has 14 heavy (non-hydrogen) atoms. The van der Waals surface area contributed by atoms with Gasteiger partial charge in [0.1, 0.15) is 0 Å². The third-order valence-corrected chi connectivity index (χ3v) is 0.489. The third kappa shape index (κ3) is 17.7. The van der Waals surface area contributed by atoms with Gasteiger partial charge in [0, 0.05) is 0 Å². The van der Waals surface area contributed by atoms with Gasteiger partial charge >= 0.3 is 7.32 Å². The molecule has 0 bridgehead atoms. The van der Waals surface area contributed by atoms with Crippen LogP contribution >= 0.6 is 0 Å². The SMILES string of the molecule is OB(O)O.OCON(OCO)OCO. The molecular weight excluding hydrogens is 205 g/mol. The minimum Gasteiger partial charge on any atom is -0.402 e. The first kappa shape index (κ1) is 16.1. The Labute approximate surface area is 79.1 Å². The van der Waals surface area contributed by atoms with Gasteiger partial charge in [-0.15, -0.1) is 0 Å². The Morgan fingerprint density at radius 2 is 1.00 bits per heavy atom. The van der Waals surface area contributed by atoms with Gasteiger partial charge < -0.3 is 30.4 Å². The molecule has 0 fully saturated rings. The van der Waals surface area contributed by atoms with E-state index in [1.54, 1.807) is 0 Å². The van der Waals surface area contributed by atoms with Crippen molar-refractivity contribution in [3.63, 3.8) is 0 Å². The molecule has 10 nitrogen and oxygen atoms in total. The molecule has 0 spiro atoms. The molecular formula is C3H12BNO9. The van der Waals surface area contributed by atoms with Crippen molar-refractivity contribution in [2.24, 2.45) is 0 Å². The summed E-state index contributed by atoms with van der Waals surface area (Å²) in [4.78, 5) is 12.4.